The molecule has 4 heteroatoms. The Balaban J connectivity index is 1.84. The maximum absolute atomic E-state index is 11.8. The number of aromatic hydroxyl groups is 2. The summed E-state index contributed by atoms with van der Waals surface area (Å²) in [4.78, 5) is 12.8. The zero-order chi connectivity index (χ0) is 13.7. The van der Waals surface area contributed by atoms with E-state index >= 15 is 0 Å². The number of rotatable bonds is 5. The normalized spacial score (nSPS) is 10.3. The van der Waals surface area contributed by atoms with Crippen LogP contribution in [0.2, 0.25) is 0 Å². The molecular formula is C15H14O3S. The van der Waals surface area contributed by atoms with Gasteiger partial charge in [0.1, 0.15) is 17.3 Å². The van der Waals surface area contributed by atoms with Crippen molar-refractivity contribution in [1.29, 1.82) is 0 Å². The van der Waals surface area contributed by atoms with Gasteiger partial charge in [-0.15, -0.1) is 11.8 Å². The highest BCUT2D eigenvalue weighted by Crippen LogP contribution is 2.21. The van der Waals surface area contributed by atoms with Crippen molar-refractivity contribution >= 4 is 17.5 Å². The average molecular weight is 274 g/mol. The number of carbonyl (C=O) groups is 1. The van der Waals surface area contributed by atoms with E-state index in [4.69, 9.17) is 10.2 Å². The largest absolute Gasteiger partial charge is 0.508 e. The van der Waals surface area contributed by atoms with Gasteiger partial charge in [0.25, 0.3) is 0 Å². The number of carbonyl (C=O) groups excluding carboxylic acids is 1. The SMILES string of the molecule is O=C(CSc1ccc(O)cc1)Cc1ccc(O)cc1. The number of hydrogen-bond donors (Lipinski definition) is 2. The maximum atomic E-state index is 11.8. The molecule has 3 nitrogen and oxygen atoms in total. The number of hydrogen-bond acceptors (Lipinski definition) is 4. The monoisotopic (exact) mass is 274 g/mol. The Morgan fingerprint density at radius 1 is 0.895 bits per heavy atom. The van der Waals surface area contributed by atoms with Crippen LogP contribution < -0.4 is 0 Å². The molecule has 0 aliphatic heterocycles. The molecule has 0 spiro atoms. The van der Waals surface area contributed by atoms with Crippen LogP contribution >= 0.6 is 11.8 Å². The molecular weight excluding hydrogens is 260 g/mol. The third-order valence-corrected chi connectivity index (χ3v) is 3.65. The highest BCUT2D eigenvalue weighted by molar-refractivity contribution is 8.00. The van der Waals surface area contributed by atoms with Crippen molar-refractivity contribution < 1.29 is 15.0 Å². The van der Waals surface area contributed by atoms with E-state index in [0.29, 0.717) is 12.2 Å². The summed E-state index contributed by atoms with van der Waals surface area (Å²) in [5, 5.41) is 18.3. The lowest BCUT2D eigenvalue weighted by Gasteiger charge is -2.02. The van der Waals surface area contributed by atoms with Gasteiger partial charge in [-0.05, 0) is 42.0 Å². The van der Waals surface area contributed by atoms with Crippen LogP contribution in [0.4, 0.5) is 0 Å². The van der Waals surface area contributed by atoms with E-state index in [1.807, 2.05) is 0 Å². The second kappa shape index (κ2) is 6.29. The molecule has 2 aromatic rings. The average Bonchev–Trinajstić information content (AvgIpc) is 2.41. The minimum atomic E-state index is 0.128. The van der Waals surface area contributed by atoms with Crippen molar-refractivity contribution in [2.45, 2.75) is 11.3 Å². The first-order valence-corrected chi connectivity index (χ1v) is 6.83. The molecule has 0 bridgehead atoms. The summed E-state index contributed by atoms with van der Waals surface area (Å²) in [5.41, 5.74) is 0.897. The van der Waals surface area contributed by atoms with Gasteiger partial charge < -0.3 is 10.2 Å². The molecule has 0 radical (unpaired) electrons. The molecule has 0 aliphatic carbocycles. The Morgan fingerprint density at radius 3 is 2.00 bits per heavy atom. The van der Waals surface area contributed by atoms with Crippen LogP contribution in [-0.4, -0.2) is 21.7 Å². The van der Waals surface area contributed by atoms with Gasteiger partial charge >= 0.3 is 0 Å². The van der Waals surface area contributed by atoms with Gasteiger partial charge in [-0.2, -0.15) is 0 Å². The topological polar surface area (TPSA) is 57.5 Å². The lowest BCUT2D eigenvalue weighted by Crippen LogP contribution is -2.05. The van der Waals surface area contributed by atoms with Crippen molar-refractivity contribution in [3.8, 4) is 11.5 Å². The first kappa shape index (κ1) is 13.5. The Kier molecular flexibility index (Phi) is 4.47. The molecule has 2 aromatic carbocycles. The molecule has 0 fully saturated rings. The minimum absolute atomic E-state index is 0.128. The molecule has 0 atom stereocenters. The fourth-order valence-corrected chi connectivity index (χ4v) is 2.36. The highest BCUT2D eigenvalue weighted by atomic mass is 32.2. The first-order chi connectivity index (χ1) is 9.13. The molecule has 0 aliphatic rings. The Hall–Kier alpha value is -1.94. The van der Waals surface area contributed by atoms with E-state index in [9.17, 15) is 4.79 Å². The summed E-state index contributed by atoms with van der Waals surface area (Å²) in [5.74, 6) is 0.948. The zero-order valence-electron chi connectivity index (χ0n) is 10.2. The van der Waals surface area contributed by atoms with E-state index in [2.05, 4.69) is 0 Å². The van der Waals surface area contributed by atoms with Gasteiger partial charge in [-0.3, -0.25) is 4.79 Å². The molecule has 0 unspecified atom stereocenters. The molecule has 2 N–H and O–H groups in total. The molecule has 0 saturated heterocycles. The summed E-state index contributed by atoms with van der Waals surface area (Å²) in [6.45, 7) is 0. The van der Waals surface area contributed by atoms with E-state index in [1.54, 1.807) is 48.5 Å². The standard InChI is InChI=1S/C15H14O3S/c16-12-3-1-11(2-4-12)9-14(18)10-19-15-7-5-13(17)6-8-15/h1-8,16-17H,9-10H2. The number of benzene rings is 2. The minimum Gasteiger partial charge on any atom is -0.508 e. The third kappa shape index (κ3) is 4.34. The summed E-state index contributed by atoms with van der Waals surface area (Å²) in [7, 11) is 0. The van der Waals surface area contributed by atoms with Gasteiger partial charge in [0.2, 0.25) is 0 Å². The van der Waals surface area contributed by atoms with Gasteiger partial charge in [0.05, 0.1) is 5.75 Å². The van der Waals surface area contributed by atoms with Crippen molar-refractivity contribution in [1.82, 2.24) is 0 Å². The van der Waals surface area contributed by atoms with Crippen LogP contribution in [0.3, 0.4) is 0 Å². The quantitative estimate of drug-likeness (QED) is 0.823. The van der Waals surface area contributed by atoms with Crippen LogP contribution in [-0.2, 0) is 11.2 Å². The summed E-state index contributed by atoms with van der Waals surface area (Å²) < 4.78 is 0. The second-order valence-electron chi connectivity index (χ2n) is 4.16. The second-order valence-corrected chi connectivity index (χ2v) is 5.21. The van der Waals surface area contributed by atoms with Crippen LogP contribution in [0.5, 0.6) is 11.5 Å². The van der Waals surface area contributed by atoms with Gasteiger partial charge in [0, 0.05) is 11.3 Å². The van der Waals surface area contributed by atoms with Crippen molar-refractivity contribution in [3.05, 3.63) is 54.1 Å². The van der Waals surface area contributed by atoms with Crippen LogP contribution in [0, 0.1) is 0 Å². The smallest absolute Gasteiger partial charge is 0.147 e. The van der Waals surface area contributed by atoms with Gasteiger partial charge in [-0.25, -0.2) is 0 Å². The van der Waals surface area contributed by atoms with Crippen molar-refractivity contribution in [3.63, 3.8) is 0 Å². The highest BCUT2D eigenvalue weighted by Gasteiger charge is 2.05. The lowest BCUT2D eigenvalue weighted by atomic mass is 10.1. The molecule has 19 heavy (non-hydrogen) atoms. The fourth-order valence-electron chi connectivity index (χ4n) is 1.60. The fraction of sp³-hybridized carbons (Fsp3) is 0.133. The van der Waals surface area contributed by atoms with E-state index in [1.165, 1.54) is 11.8 Å². The predicted octanol–water partition coefficient (Wildman–Crippen LogP) is 3.00. The summed E-state index contributed by atoms with van der Waals surface area (Å²) in [6.07, 6.45) is 0.366. The number of phenolic OH excluding ortho intramolecular Hbond substituents is 2. The number of phenols is 2. The molecule has 0 saturated carbocycles. The maximum Gasteiger partial charge on any atom is 0.147 e. The Labute approximate surface area is 115 Å². The summed E-state index contributed by atoms with van der Waals surface area (Å²) >= 11 is 1.45. The summed E-state index contributed by atoms with van der Waals surface area (Å²) in [6, 6.07) is 13.4. The first-order valence-electron chi connectivity index (χ1n) is 5.85. The van der Waals surface area contributed by atoms with Crippen molar-refractivity contribution in [2.75, 3.05) is 5.75 Å². The third-order valence-electron chi connectivity index (χ3n) is 2.57. The number of thioether (sulfide) groups is 1. The lowest BCUT2D eigenvalue weighted by molar-refractivity contribution is -0.116. The molecule has 0 amide bonds. The molecule has 2 rings (SSSR count). The van der Waals surface area contributed by atoms with Gasteiger partial charge in [0.15, 0.2) is 0 Å². The van der Waals surface area contributed by atoms with Crippen LogP contribution in [0.15, 0.2) is 53.4 Å². The van der Waals surface area contributed by atoms with E-state index in [0.717, 1.165) is 10.5 Å². The Bertz CT molecular complexity index is 547. The number of ketones is 1. The predicted molar refractivity (Wildman–Crippen MR) is 75.6 cm³/mol. The van der Waals surface area contributed by atoms with E-state index in [-0.39, 0.29) is 17.3 Å². The molecule has 0 heterocycles. The molecule has 98 valence electrons. The van der Waals surface area contributed by atoms with Gasteiger partial charge in [-0.1, -0.05) is 12.1 Å². The van der Waals surface area contributed by atoms with Crippen molar-refractivity contribution in [2.24, 2.45) is 0 Å². The number of Topliss-reactive ketones (excluding diaryl/α,β-unsaturated/α-hetero) is 1. The van der Waals surface area contributed by atoms with E-state index < -0.39 is 0 Å². The zero-order valence-corrected chi connectivity index (χ0v) is 11.1. The molecule has 0 aromatic heterocycles. The van der Waals surface area contributed by atoms with Crippen LogP contribution in [0.25, 0.3) is 0 Å². The van der Waals surface area contributed by atoms with Crippen LogP contribution in [0.1, 0.15) is 5.56 Å². The Morgan fingerprint density at radius 2 is 1.42 bits per heavy atom.